The molecule has 162 valence electrons. The normalized spacial score (nSPS) is 15.6. The molecule has 4 rings (SSSR count). The van der Waals surface area contributed by atoms with Gasteiger partial charge in [-0.2, -0.15) is 0 Å². The number of methoxy groups -OCH3 is 1. The molecule has 2 amide bonds. The molecular formula is C25H21ClN2O4. The summed E-state index contributed by atoms with van der Waals surface area (Å²) in [4.78, 5) is 25.1. The highest BCUT2D eigenvalue weighted by Gasteiger charge is 2.34. The van der Waals surface area contributed by atoms with Crippen molar-refractivity contribution in [3.8, 4) is 5.75 Å². The van der Waals surface area contributed by atoms with Crippen molar-refractivity contribution in [1.29, 1.82) is 0 Å². The Hall–Kier alpha value is -3.77. The number of hydrogen-bond donors (Lipinski definition) is 2. The molecule has 1 unspecified atom stereocenters. The van der Waals surface area contributed by atoms with Gasteiger partial charge < -0.3 is 20.1 Å². The van der Waals surface area contributed by atoms with E-state index in [4.69, 9.17) is 21.1 Å². The molecule has 3 aromatic rings. The molecule has 1 aliphatic rings. The van der Waals surface area contributed by atoms with Crippen LogP contribution in [0.4, 0.5) is 4.79 Å². The molecule has 0 saturated heterocycles. The molecule has 3 aromatic carbocycles. The van der Waals surface area contributed by atoms with Gasteiger partial charge in [0.1, 0.15) is 12.4 Å². The molecule has 1 atom stereocenters. The average Bonchev–Trinajstić information content (AvgIpc) is 2.83. The number of halogens is 1. The van der Waals surface area contributed by atoms with Crippen molar-refractivity contribution in [3.63, 3.8) is 0 Å². The summed E-state index contributed by atoms with van der Waals surface area (Å²) in [6.07, 6.45) is 0. The number of amides is 2. The Morgan fingerprint density at radius 2 is 1.66 bits per heavy atom. The van der Waals surface area contributed by atoms with E-state index < -0.39 is 18.0 Å². The Morgan fingerprint density at radius 1 is 0.969 bits per heavy atom. The van der Waals surface area contributed by atoms with E-state index in [0.717, 1.165) is 16.7 Å². The molecule has 0 aliphatic carbocycles. The fourth-order valence-corrected chi connectivity index (χ4v) is 3.61. The maximum atomic E-state index is 12.7. The third kappa shape index (κ3) is 4.76. The first-order valence-electron chi connectivity index (χ1n) is 9.98. The molecule has 0 fully saturated rings. The van der Waals surface area contributed by atoms with Gasteiger partial charge >= 0.3 is 12.0 Å². The van der Waals surface area contributed by atoms with Crippen molar-refractivity contribution in [2.24, 2.45) is 0 Å². The van der Waals surface area contributed by atoms with Crippen LogP contribution in [0.5, 0.6) is 5.75 Å². The molecule has 6 nitrogen and oxygen atoms in total. The summed E-state index contributed by atoms with van der Waals surface area (Å²) in [5, 5.41) is 6.24. The monoisotopic (exact) mass is 448 g/mol. The summed E-state index contributed by atoms with van der Waals surface area (Å²) in [7, 11) is 1.32. The molecular weight excluding hydrogens is 428 g/mol. The lowest BCUT2D eigenvalue weighted by Crippen LogP contribution is -2.45. The van der Waals surface area contributed by atoms with E-state index in [0.29, 0.717) is 28.6 Å². The minimum Gasteiger partial charge on any atom is -0.489 e. The Balaban J connectivity index is 1.61. The second-order valence-electron chi connectivity index (χ2n) is 7.16. The SMILES string of the molecule is COC(=O)C1=C(c2ccccc2)NC(=O)NC1c1ccc(OCc2ccc(Cl)cc2)cc1. The van der Waals surface area contributed by atoms with Gasteiger partial charge in [-0.3, -0.25) is 0 Å². The molecule has 0 spiro atoms. The quantitative estimate of drug-likeness (QED) is 0.528. The van der Waals surface area contributed by atoms with Crippen LogP contribution in [0.1, 0.15) is 22.7 Å². The highest BCUT2D eigenvalue weighted by Crippen LogP contribution is 2.32. The Bertz CT molecular complexity index is 1140. The maximum absolute atomic E-state index is 12.7. The van der Waals surface area contributed by atoms with Gasteiger partial charge in [0, 0.05) is 5.02 Å². The van der Waals surface area contributed by atoms with Crippen LogP contribution in [0.2, 0.25) is 5.02 Å². The number of carbonyl (C=O) groups is 2. The average molecular weight is 449 g/mol. The van der Waals surface area contributed by atoms with E-state index in [1.165, 1.54) is 7.11 Å². The van der Waals surface area contributed by atoms with Crippen LogP contribution in [0.3, 0.4) is 0 Å². The van der Waals surface area contributed by atoms with Crippen molar-refractivity contribution >= 4 is 29.3 Å². The van der Waals surface area contributed by atoms with E-state index >= 15 is 0 Å². The van der Waals surface area contributed by atoms with E-state index in [9.17, 15) is 9.59 Å². The largest absolute Gasteiger partial charge is 0.489 e. The Kier molecular flexibility index (Phi) is 6.42. The zero-order valence-electron chi connectivity index (χ0n) is 17.3. The van der Waals surface area contributed by atoms with E-state index in [2.05, 4.69) is 10.6 Å². The Labute approximate surface area is 190 Å². The zero-order valence-corrected chi connectivity index (χ0v) is 18.1. The summed E-state index contributed by atoms with van der Waals surface area (Å²) in [6, 6.07) is 22.8. The molecule has 32 heavy (non-hydrogen) atoms. The number of urea groups is 1. The summed E-state index contributed by atoms with van der Waals surface area (Å²) >= 11 is 5.91. The molecule has 0 saturated carbocycles. The standard InChI is InChI=1S/C25H21ClN2O4/c1-31-24(29)21-22(17-5-3-2-4-6-17)27-25(30)28-23(21)18-9-13-20(14-10-18)32-15-16-7-11-19(26)12-8-16/h2-14,23H,15H2,1H3,(H2,27,28,30). The minimum absolute atomic E-state index is 0.327. The first-order chi connectivity index (χ1) is 15.5. The van der Waals surface area contributed by atoms with Crippen LogP contribution in [-0.2, 0) is 16.1 Å². The topological polar surface area (TPSA) is 76.7 Å². The highest BCUT2D eigenvalue weighted by atomic mass is 35.5. The van der Waals surface area contributed by atoms with Gasteiger partial charge in [-0.25, -0.2) is 9.59 Å². The van der Waals surface area contributed by atoms with Crippen molar-refractivity contribution < 1.29 is 19.1 Å². The molecule has 7 heteroatoms. The van der Waals surface area contributed by atoms with Gasteiger partial charge in [-0.05, 0) is 41.0 Å². The predicted molar refractivity (Wildman–Crippen MR) is 122 cm³/mol. The van der Waals surface area contributed by atoms with Crippen LogP contribution in [-0.4, -0.2) is 19.1 Å². The third-order valence-corrected chi connectivity index (χ3v) is 5.32. The molecule has 1 aliphatic heterocycles. The van der Waals surface area contributed by atoms with Gasteiger partial charge in [0.25, 0.3) is 0 Å². The van der Waals surface area contributed by atoms with E-state index in [1.54, 1.807) is 12.1 Å². The van der Waals surface area contributed by atoms with Crippen molar-refractivity contribution in [2.75, 3.05) is 7.11 Å². The first-order valence-corrected chi connectivity index (χ1v) is 10.4. The summed E-state index contributed by atoms with van der Waals surface area (Å²) in [5.41, 5.74) is 3.19. The number of esters is 1. The van der Waals surface area contributed by atoms with Crippen molar-refractivity contribution in [3.05, 3.63) is 106 Å². The first kappa shape index (κ1) is 21.5. The van der Waals surface area contributed by atoms with Gasteiger partial charge in [-0.15, -0.1) is 0 Å². The molecule has 0 bridgehead atoms. The lowest BCUT2D eigenvalue weighted by Gasteiger charge is -2.29. The maximum Gasteiger partial charge on any atom is 0.338 e. The van der Waals surface area contributed by atoms with Gasteiger partial charge in [0.2, 0.25) is 0 Å². The number of hydrogen-bond acceptors (Lipinski definition) is 4. The molecule has 0 radical (unpaired) electrons. The number of ether oxygens (including phenoxy) is 2. The van der Waals surface area contributed by atoms with Crippen molar-refractivity contribution in [2.45, 2.75) is 12.6 Å². The van der Waals surface area contributed by atoms with Crippen LogP contribution in [0.15, 0.2) is 84.4 Å². The number of benzene rings is 3. The van der Waals surface area contributed by atoms with Crippen LogP contribution >= 0.6 is 11.6 Å². The van der Waals surface area contributed by atoms with Crippen molar-refractivity contribution in [1.82, 2.24) is 10.6 Å². The summed E-state index contributed by atoms with van der Waals surface area (Å²) in [5.74, 6) is 0.139. The minimum atomic E-state index is -0.670. The second kappa shape index (κ2) is 9.58. The lowest BCUT2D eigenvalue weighted by atomic mass is 9.92. The predicted octanol–water partition coefficient (Wildman–Crippen LogP) is 4.86. The molecule has 1 heterocycles. The van der Waals surface area contributed by atoms with Gasteiger partial charge in [-0.1, -0.05) is 66.2 Å². The summed E-state index contributed by atoms with van der Waals surface area (Å²) in [6.45, 7) is 0.395. The van der Waals surface area contributed by atoms with Crippen LogP contribution in [0.25, 0.3) is 5.70 Å². The van der Waals surface area contributed by atoms with Crippen LogP contribution < -0.4 is 15.4 Å². The van der Waals surface area contributed by atoms with E-state index in [1.807, 2.05) is 66.7 Å². The molecule has 2 N–H and O–H groups in total. The Morgan fingerprint density at radius 3 is 2.31 bits per heavy atom. The second-order valence-corrected chi connectivity index (χ2v) is 7.60. The van der Waals surface area contributed by atoms with Gasteiger partial charge in [0.15, 0.2) is 0 Å². The number of nitrogens with one attached hydrogen (secondary N) is 2. The fraction of sp³-hybridized carbons (Fsp3) is 0.120. The lowest BCUT2D eigenvalue weighted by molar-refractivity contribution is -0.136. The van der Waals surface area contributed by atoms with Crippen LogP contribution in [0, 0.1) is 0 Å². The molecule has 0 aromatic heterocycles. The third-order valence-electron chi connectivity index (χ3n) is 5.07. The summed E-state index contributed by atoms with van der Waals surface area (Å²) < 4.78 is 10.9. The number of carbonyl (C=O) groups excluding carboxylic acids is 2. The van der Waals surface area contributed by atoms with Gasteiger partial charge in [0.05, 0.1) is 24.4 Å². The fourth-order valence-electron chi connectivity index (χ4n) is 3.48. The van der Waals surface area contributed by atoms with E-state index in [-0.39, 0.29) is 0 Å². The highest BCUT2D eigenvalue weighted by molar-refractivity contribution is 6.30. The zero-order chi connectivity index (χ0) is 22.5. The smallest absolute Gasteiger partial charge is 0.338 e. The number of rotatable bonds is 6.